The molecule has 0 radical (unpaired) electrons. The van der Waals surface area contributed by atoms with Gasteiger partial charge in [0.15, 0.2) is 5.96 Å². The third-order valence-corrected chi connectivity index (χ3v) is 4.26. The maximum absolute atomic E-state index is 5.95. The highest BCUT2D eigenvalue weighted by Crippen LogP contribution is 2.17. The molecule has 0 aromatic carbocycles. The average Bonchev–Trinajstić information content (AvgIpc) is 2.91. The maximum atomic E-state index is 5.95. The minimum atomic E-state index is 0.606. The molecule has 1 unspecified atom stereocenters. The van der Waals surface area contributed by atoms with E-state index in [0.29, 0.717) is 12.0 Å². The number of nitrogens with one attached hydrogen (secondary N) is 1. The van der Waals surface area contributed by atoms with Crippen molar-refractivity contribution < 1.29 is 0 Å². The van der Waals surface area contributed by atoms with E-state index >= 15 is 0 Å². The van der Waals surface area contributed by atoms with Gasteiger partial charge in [0.05, 0.1) is 6.54 Å². The van der Waals surface area contributed by atoms with Crippen LogP contribution in [0.25, 0.3) is 0 Å². The Morgan fingerprint density at radius 2 is 2.37 bits per heavy atom. The number of likely N-dealkylation sites (tertiary alicyclic amines) is 1. The van der Waals surface area contributed by atoms with Crippen molar-refractivity contribution >= 4 is 5.96 Å². The second kappa shape index (κ2) is 7.53. The van der Waals surface area contributed by atoms with E-state index in [9.17, 15) is 0 Å². The van der Waals surface area contributed by atoms with Crippen molar-refractivity contribution in [2.45, 2.75) is 51.5 Å². The minimum absolute atomic E-state index is 0.606. The van der Waals surface area contributed by atoms with Crippen LogP contribution in [0.3, 0.4) is 0 Å². The number of rotatable bonds is 5. The summed E-state index contributed by atoms with van der Waals surface area (Å²) in [4.78, 5) is 6.97. The predicted molar refractivity (Wildman–Crippen MR) is 81.3 cm³/mol. The van der Waals surface area contributed by atoms with Gasteiger partial charge in [0.2, 0.25) is 0 Å². The summed E-state index contributed by atoms with van der Waals surface area (Å²) >= 11 is 0. The summed E-state index contributed by atoms with van der Waals surface area (Å²) in [6.45, 7) is 6.30. The Morgan fingerprint density at radius 3 is 3.11 bits per heavy atom. The smallest absolute Gasteiger partial charge is 0.188 e. The van der Waals surface area contributed by atoms with Crippen molar-refractivity contribution in [1.82, 2.24) is 10.2 Å². The predicted octanol–water partition coefficient (Wildman–Crippen LogP) is 1.88. The second-order valence-corrected chi connectivity index (χ2v) is 5.62. The van der Waals surface area contributed by atoms with Gasteiger partial charge in [-0.1, -0.05) is 18.6 Å². The number of likely N-dealkylation sites (N-methyl/N-ethyl adjacent to an activating group) is 1. The molecule has 19 heavy (non-hydrogen) atoms. The Labute approximate surface area is 117 Å². The zero-order chi connectivity index (χ0) is 13.5. The van der Waals surface area contributed by atoms with Crippen LogP contribution in [0.5, 0.6) is 0 Å². The Morgan fingerprint density at radius 1 is 1.47 bits per heavy atom. The number of nitrogens with zero attached hydrogens (tertiary/aromatic N) is 2. The van der Waals surface area contributed by atoms with Crippen LogP contribution in [0.1, 0.15) is 45.4 Å². The number of hydrogen-bond donors (Lipinski definition) is 2. The molecule has 0 saturated carbocycles. The van der Waals surface area contributed by atoms with Crippen molar-refractivity contribution in [3.05, 3.63) is 11.6 Å². The zero-order valence-electron chi connectivity index (χ0n) is 12.2. The molecule has 4 heteroatoms. The van der Waals surface area contributed by atoms with Gasteiger partial charge in [-0.2, -0.15) is 0 Å². The lowest BCUT2D eigenvalue weighted by atomic mass is 10.00. The van der Waals surface area contributed by atoms with Crippen LogP contribution < -0.4 is 11.1 Å². The van der Waals surface area contributed by atoms with E-state index in [0.717, 1.165) is 19.6 Å². The van der Waals surface area contributed by atoms with Crippen molar-refractivity contribution in [3.8, 4) is 0 Å². The van der Waals surface area contributed by atoms with E-state index in [-0.39, 0.29) is 0 Å². The fourth-order valence-corrected chi connectivity index (χ4v) is 3.06. The van der Waals surface area contributed by atoms with Crippen molar-refractivity contribution in [3.63, 3.8) is 0 Å². The molecule has 1 heterocycles. The monoisotopic (exact) mass is 264 g/mol. The quantitative estimate of drug-likeness (QED) is 0.453. The van der Waals surface area contributed by atoms with Crippen molar-refractivity contribution in [2.75, 3.05) is 26.2 Å². The highest BCUT2D eigenvalue weighted by atomic mass is 15.2. The van der Waals surface area contributed by atoms with Crippen LogP contribution in [-0.4, -0.2) is 43.1 Å². The molecule has 0 amide bonds. The first kappa shape index (κ1) is 14.4. The first-order valence-corrected chi connectivity index (χ1v) is 7.75. The summed E-state index contributed by atoms with van der Waals surface area (Å²) in [5.41, 5.74) is 7.40. The zero-order valence-corrected chi connectivity index (χ0v) is 12.2. The van der Waals surface area contributed by atoms with Gasteiger partial charge in [0.1, 0.15) is 0 Å². The van der Waals surface area contributed by atoms with Gasteiger partial charge in [0, 0.05) is 12.6 Å². The Kier molecular flexibility index (Phi) is 5.70. The molecule has 2 rings (SSSR count). The Bertz CT molecular complexity index is 335. The minimum Gasteiger partial charge on any atom is -0.370 e. The summed E-state index contributed by atoms with van der Waals surface area (Å²) in [6, 6.07) is 0.632. The van der Waals surface area contributed by atoms with E-state index in [2.05, 4.69) is 28.2 Å². The molecule has 4 nitrogen and oxygen atoms in total. The van der Waals surface area contributed by atoms with Crippen LogP contribution in [-0.2, 0) is 0 Å². The second-order valence-electron chi connectivity index (χ2n) is 5.62. The summed E-state index contributed by atoms with van der Waals surface area (Å²) in [7, 11) is 0. The Balaban J connectivity index is 1.71. The summed E-state index contributed by atoms with van der Waals surface area (Å²) in [6.07, 6.45) is 9.96. The van der Waals surface area contributed by atoms with E-state index < -0.39 is 0 Å². The van der Waals surface area contributed by atoms with E-state index in [4.69, 9.17) is 5.73 Å². The molecular weight excluding hydrogens is 236 g/mol. The number of nitrogens with two attached hydrogens (primary N) is 1. The lowest BCUT2D eigenvalue weighted by Gasteiger charge is -2.23. The maximum Gasteiger partial charge on any atom is 0.188 e. The highest BCUT2D eigenvalue weighted by Gasteiger charge is 2.22. The molecular formula is C15H28N4. The fraction of sp³-hybridized carbons (Fsp3) is 0.800. The average molecular weight is 264 g/mol. The highest BCUT2D eigenvalue weighted by molar-refractivity contribution is 5.78. The molecule has 1 atom stereocenters. The van der Waals surface area contributed by atoms with Gasteiger partial charge in [-0.05, 0) is 51.6 Å². The first-order valence-electron chi connectivity index (χ1n) is 7.75. The van der Waals surface area contributed by atoms with E-state index in [1.165, 1.54) is 50.6 Å². The molecule has 3 N–H and O–H groups in total. The van der Waals surface area contributed by atoms with Crippen LogP contribution in [0.15, 0.2) is 16.6 Å². The summed E-state index contributed by atoms with van der Waals surface area (Å²) in [5.74, 6) is 0.606. The van der Waals surface area contributed by atoms with Gasteiger partial charge < -0.3 is 11.1 Å². The molecule has 108 valence electrons. The van der Waals surface area contributed by atoms with Gasteiger partial charge in [-0.3, -0.25) is 4.90 Å². The molecule has 0 aromatic rings. The van der Waals surface area contributed by atoms with Gasteiger partial charge in [0.25, 0.3) is 0 Å². The lowest BCUT2D eigenvalue weighted by Crippen LogP contribution is -2.42. The van der Waals surface area contributed by atoms with Gasteiger partial charge in [-0.15, -0.1) is 0 Å². The normalized spacial score (nSPS) is 25.4. The summed E-state index contributed by atoms with van der Waals surface area (Å²) in [5, 5.41) is 3.29. The van der Waals surface area contributed by atoms with Crippen LogP contribution in [0, 0.1) is 0 Å². The van der Waals surface area contributed by atoms with E-state index in [1.54, 1.807) is 0 Å². The number of hydrogen-bond acceptors (Lipinski definition) is 2. The van der Waals surface area contributed by atoms with Crippen LogP contribution in [0.4, 0.5) is 0 Å². The largest absolute Gasteiger partial charge is 0.370 e. The van der Waals surface area contributed by atoms with Crippen LogP contribution >= 0.6 is 0 Å². The topological polar surface area (TPSA) is 53.6 Å². The molecule has 1 aliphatic carbocycles. The summed E-state index contributed by atoms with van der Waals surface area (Å²) < 4.78 is 0. The third kappa shape index (κ3) is 4.53. The fourth-order valence-electron chi connectivity index (χ4n) is 3.06. The number of allylic oxidation sites excluding steroid dienone is 1. The van der Waals surface area contributed by atoms with E-state index in [1.807, 2.05) is 0 Å². The first-order chi connectivity index (χ1) is 9.29. The molecule has 1 fully saturated rings. The number of guanidine groups is 1. The molecule has 2 aliphatic rings. The van der Waals surface area contributed by atoms with Crippen molar-refractivity contribution in [2.24, 2.45) is 10.7 Å². The molecule has 0 spiro atoms. The third-order valence-electron chi connectivity index (χ3n) is 4.26. The standard InChI is InChI=1S/C15H28N4/c1-2-19-10-6-9-14(19)12-18-15(16)17-11-13-7-4-3-5-8-13/h7,14H,2-6,8-12H2,1H3,(H3,16,17,18). The van der Waals surface area contributed by atoms with Crippen molar-refractivity contribution in [1.29, 1.82) is 0 Å². The van der Waals surface area contributed by atoms with Gasteiger partial charge in [-0.25, -0.2) is 4.99 Å². The molecule has 0 bridgehead atoms. The molecule has 1 aliphatic heterocycles. The lowest BCUT2D eigenvalue weighted by molar-refractivity contribution is 0.267. The molecule has 0 aromatic heterocycles. The molecule has 1 saturated heterocycles. The van der Waals surface area contributed by atoms with Crippen LogP contribution in [0.2, 0.25) is 0 Å². The SMILES string of the molecule is CCN1CCCC1CNC(N)=NCC1=CCCCC1. The Hall–Kier alpha value is -1.03. The number of aliphatic imine (C=N–C) groups is 1. The van der Waals surface area contributed by atoms with Gasteiger partial charge >= 0.3 is 0 Å².